The van der Waals surface area contributed by atoms with Crippen LogP contribution in [0.5, 0.6) is 0 Å². The van der Waals surface area contributed by atoms with Gasteiger partial charge in [0.05, 0.1) is 5.56 Å². The van der Waals surface area contributed by atoms with Crippen LogP contribution in [0.25, 0.3) is 0 Å². The minimum absolute atomic E-state index is 0.0629. The lowest BCUT2D eigenvalue weighted by Crippen LogP contribution is -2.43. The predicted molar refractivity (Wildman–Crippen MR) is 76.3 cm³/mol. The summed E-state index contributed by atoms with van der Waals surface area (Å²) < 4.78 is 5.12. The van der Waals surface area contributed by atoms with Gasteiger partial charge in [-0.2, -0.15) is 0 Å². The van der Waals surface area contributed by atoms with Crippen LogP contribution in [0, 0.1) is 5.41 Å². The first-order valence-electron chi connectivity index (χ1n) is 7.03. The number of rotatable bonds is 7. The zero-order chi connectivity index (χ0) is 15.3. The SMILES string of the molecule is COCCC1(CNC(=O)c2cc(C(=O)O)ccn2)CCC1. The van der Waals surface area contributed by atoms with Crippen molar-refractivity contribution in [3.8, 4) is 0 Å². The number of hydrogen-bond donors (Lipinski definition) is 2. The Morgan fingerprint density at radius 2 is 2.24 bits per heavy atom. The van der Waals surface area contributed by atoms with Crippen LogP contribution in [-0.2, 0) is 4.74 Å². The summed E-state index contributed by atoms with van der Waals surface area (Å²) in [7, 11) is 1.67. The van der Waals surface area contributed by atoms with Gasteiger partial charge in [-0.3, -0.25) is 9.78 Å². The molecule has 1 heterocycles. The second kappa shape index (κ2) is 6.67. The maximum atomic E-state index is 12.1. The number of nitrogens with zero attached hydrogens (tertiary/aromatic N) is 1. The molecule has 1 aliphatic carbocycles. The van der Waals surface area contributed by atoms with Gasteiger partial charge in [-0.15, -0.1) is 0 Å². The summed E-state index contributed by atoms with van der Waals surface area (Å²) in [6, 6.07) is 2.66. The van der Waals surface area contributed by atoms with Crippen LogP contribution >= 0.6 is 0 Å². The van der Waals surface area contributed by atoms with E-state index in [9.17, 15) is 9.59 Å². The fraction of sp³-hybridized carbons (Fsp3) is 0.533. The van der Waals surface area contributed by atoms with Crippen molar-refractivity contribution in [2.75, 3.05) is 20.3 Å². The monoisotopic (exact) mass is 292 g/mol. The molecule has 2 N–H and O–H groups in total. The van der Waals surface area contributed by atoms with E-state index < -0.39 is 5.97 Å². The normalized spacial score (nSPS) is 16.0. The highest BCUT2D eigenvalue weighted by Gasteiger charge is 2.36. The lowest BCUT2D eigenvalue weighted by molar-refractivity contribution is 0.0629. The number of aromatic nitrogens is 1. The number of nitrogens with one attached hydrogen (secondary N) is 1. The maximum absolute atomic E-state index is 12.1. The Morgan fingerprint density at radius 1 is 1.48 bits per heavy atom. The molecule has 0 bridgehead atoms. The van der Waals surface area contributed by atoms with Crippen molar-refractivity contribution < 1.29 is 19.4 Å². The summed E-state index contributed by atoms with van der Waals surface area (Å²) in [6.07, 6.45) is 5.60. The molecule has 1 saturated carbocycles. The van der Waals surface area contributed by atoms with Gasteiger partial charge in [0.25, 0.3) is 5.91 Å². The summed E-state index contributed by atoms with van der Waals surface area (Å²) in [5.41, 5.74) is 0.319. The molecule has 0 unspecified atom stereocenters. The van der Waals surface area contributed by atoms with E-state index in [0.29, 0.717) is 13.2 Å². The molecular weight excluding hydrogens is 272 g/mol. The quantitative estimate of drug-likeness (QED) is 0.798. The van der Waals surface area contributed by atoms with Crippen LogP contribution in [0.1, 0.15) is 46.5 Å². The zero-order valence-electron chi connectivity index (χ0n) is 12.1. The van der Waals surface area contributed by atoms with E-state index in [1.165, 1.54) is 24.8 Å². The molecule has 0 spiro atoms. The first kappa shape index (κ1) is 15.4. The highest BCUT2D eigenvalue weighted by molar-refractivity contribution is 5.95. The summed E-state index contributed by atoms with van der Waals surface area (Å²) >= 11 is 0. The number of amides is 1. The van der Waals surface area contributed by atoms with Crippen molar-refractivity contribution in [2.45, 2.75) is 25.7 Å². The van der Waals surface area contributed by atoms with Crippen molar-refractivity contribution in [3.63, 3.8) is 0 Å². The van der Waals surface area contributed by atoms with E-state index in [1.54, 1.807) is 7.11 Å². The fourth-order valence-electron chi connectivity index (χ4n) is 2.56. The van der Waals surface area contributed by atoms with E-state index >= 15 is 0 Å². The molecule has 0 radical (unpaired) electrons. The fourth-order valence-corrected chi connectivity index (χ4v) is 2.56. The molecule has 114 valence electrons. The van der Waals surface area contributed by atoms with E-state index in [4.69, 9.17) is 9.84 Å². The molecule has 1 fully saturated rings. The number of carboxylic acid groups (broad SMARTS) is 1. The number of methoxy groups -OCH3 is 1. The zero-order valence-corrected chi connectivity index (χ0v) is 12.1. The molecule has 6 heteroatoms. The van der Waals surface area contributed by atoms with Crippen molar-refractivity contribution in [1.29, 1.82) is 0 Å². The van der Waals surface area contributed by atoms with Crippen molar-refractivity contribution >= 4 is 11.9 Å². The van der Waals surface area contributed by atoms with Gasteiger partial charge in [-0.25, -0.2) is 4.79 Å². The average molecular weight is 292 g/mol. The Kier molecular flexibility index (Phi) is 4.90. The molecule has 1 aromatic rings. The molecular formula is C15H20N2O4. The Bertz CT molecular complexity index is 526. The van der Waals surface area contributed by atoms with E-state index in [0.717, 1.165) is 19.3 Å². The third-order valence-corrected chi connectivity index (χ3v) is 4.11. The minimum atomic E-state index is -1.07. The molecule has 21 heavy (non-hydrogen) atoms. The second-order valence-electron chi connectivity index (χ2n) is 5.51. The Labute approximate surface area is 123 Å². The smallest absolute Gasteiger partial charge is 0.335 e. The van der Waals surface area contributed by atoms with Crippen LogP contribution in [0.2, 0.25) is 0 Å². The van der Waals surface area contributed by atoms with Crippen molar-refractivity contribution in [3.05, 3.63) is 29.6 Å². The van der Waals surface area contributed by atoms with Crippen LogP contribution < -0.4 is 5.32 Å². The Balaban J connectivity index is 1.95. The molecule has 2 rings (SSSR count). The number of ether oxygens (including phenoxy) is 1. The van der Waals surface area contributed by atoms with Gasteiger partial charge in [0.2, 0.25) is 0 Å². The third kappa shape index (κ3) is 3.78. The number of carbonyl (C=O) groups excluding carboxylic acids is 1. The molecule has 1 aromatic heterocycles. The minimum Gasteiger partial charge on any atom is -0.478 e. The number of hydrogen-bond acceptors (Lipinski definition) is 4. The predicted octanol–water partition coefficient (Wildman–Crippen LogP) is 1.72. The summed E-state index contributed by atoms with van der Waals surface area (Å²) in [5, 5.41) is 11.8. The summed E-state index contributed by atoms with van der Waals surface area (Å²) in [6.45, 7) is 1.26. The molecule has 6 nitrogen and oxygen atoms in total. The van der Waals surface area contributed by atoms with E-state index in [-0.39, 0.29) is 22.6 Å². The van der Waals surface area contributed by atoms with Crippen molar-refractivity contribution in [1.82, 2.24) is 10.3 Å². The van der Waals surface area contributed by atoms with Crippen LogP contribution in [0.15, 0.2) is 18.3 Å². The molecule has 1 aliphatic rings. The van der Waals surface area contributed by atoms with Crippen LogP contribution in [0.3, 0.4) is 0 Å². The van der Waals surface area contributed by atoms with Gasteiger partial charge in [0, 0.05) is 26.5 Å². The van der Waals surface area contributed by atoms with Gasteiger partial charge in [-0.05, 0) is 36.8 Å². The summed E-state index contributed by atoms with van der Waals surface area (Å²) in [5.74, 6) is -1.40. The van der Waals surface area contributed by atoms with E-state index in [2.05, 4.69) is 10.3 Å². The first-order chi connectivity index (χ1) is 10.1. The molecule has 0 aromatic carbocycles. The average Bonchev–Trinajstić information content (AvgIpc) is 2.45. The Morgan fingerprint density at radius 3 is 2.81 bits per heavy atom. The third-order valence-electron chi connectivity index (χ3n) is 4.11. The highest BCUT2D eigenvalue weighted by atomic mass is 16.5. The molecule has 1 amide bonds. The molecule has 0 saturated heterocycles. The van der Waals surface area contributed by atoms with Gasteiger partial charge in [0.15, 0.2) is 0 Å². The lowest BCUT2D eigenvalue weighted by atomic mass is 9.67. The summed E-state index contributed by atoms with van der Waals surface area (Å²) in [4.78, 5) is 26.9. The number of carbonyl (C=O) groups is 2. The van der Waals surface area contributed by atoms with Crippen LogP contribution in [0.4, 0.5) is 0 Å². The van der Waals surface area contributed by atoms with Gasteiger partial charge >= 0.3 is 5.97 Å². The van der Waals surface area contributed by atoms with Gasteiger partial charge < -0.3 is 15.2 Å². The number of aromatic carboxylic acids is 1. The highest BCUT2D eigenvalue weighted by Crippen LogP contribution is 2.43. The first-order valence-corrected chi connectivity index (χ1v) is 7.03. The number of carboxylic acids is 1. The maximum Gasteiger partial charge on any atom is 0.335 e. The standard InChI is InChI=1S/C15H20N2O4/c1-21-8-6-15(4-2-5-15)10-17-13(18)12-9-11(14(19)20)3-7-16-12/h3,7,9H,2,4-6,8,10H2,1H3,(H,17,18)(H,19,20). The number of pyridine rings is 1. The Hall–Kier alpha value is -1.95. The van der Waals surface area contributed by atoms with Crippen LogP contribution in [-0.4, -0.2) is 42.2 Å². The van der Waals surface area contributed by atoms with Crippen molar-refractivity contribution in [2.24, 2.45) is 5.41 Å². The van der Waals surface area contributed by atoms with Gasteiger partial charge in [-0.1, -0.05) is 6.42 Å². The van der Waals surface area contributed by atoms with Gasteiger partial charge in [0.1, 0.15) is 5.69 Å². The second-order valence-corrected chi connectivity index (χ2v) is 5.51. The largest absolute Gasteiger partial charge is 0.478 e. The molecule has 0 atom stereocenters. The topological polar surface area (TPSA) is 88.5 Å². The lowest BCUT2D eigenvalue weighted by Gasteiger charge is -2.42. The molecule has 0 aliphatic heterocycles. The van der Waals surface area contributed by atoms with E-state index in [1.807, 2.05) is 0 Å².